The third kappa shape index (κ3) is 5.34. The van der Waals surface area contributed by atoms with E-state index in [0.29, 0.717) is 11.1 Å². The first-order valence-corrected chi connectivity index (χ1v) is 9.01. The second-order valence-electron chi connectivity index (χ2n) is 6.63. The summed E-state index contributed by atoms with van der Waals surface area (Å²) >= 11 is 0. The molecule has 2 amide bonds. The Balaban J connectivity index is 2.21. The molecule has 2 atom stereocenters. The summed E-state index contributed by atoms with van der Waals surface area (Å²) in [7, 11) is 0. The molecule has 0 aliphatic heterocycles. The Hall–Kier alpha value is -2.83. The summed E-state index contributed by atoms with van der Waals surface area (Å²) in [5.41, 5.74) is 0.498. The molecule has 2 N–H and O–H groups in total. The first-order valence-electron chi connectivity index (χ1n) is 9.01. The zero-order valence-corrected chi connectivity index (χ0v) is 15.9. The van der Waals surface area contributed by atoms with Gasteiger partial charge in [0, 0.05) is 11.6 Å². The fourth-order valence-electron chi connectivity index (χ4n) is 2.58. The molecule has 2 aromatic rings. The summed E-state index contributed by atoms with van der Waals surface area (Å²) in [5, 5.41) is 5.43. The predicted octanol–water partition coefficient (Wildman–Crippen LogP) is 4.41. The van der Waals surface area contributed by atoms with Gasteiger partial charge < -0.3 is 10.6 Å². The largest absolute Gasteiger partial charge is 0.416 e. The zero-order chi connectivity index (χ0) is 20.9. The number of alkyl halides is 3. The number of carbonyl (C=O) groups is 2. The number of rotatable bonds is 6. The average Bonchev–Trinajstić information content (AvgIpc) is 2.67. The maximum absolute atomic E-state index is 12.8. The van der Waals surface area contributed by atoms with Crippen molar-refractivity contribution in [1.82, 2.24) is 10.6 Å². The van der Waals surface area contributed by atoms with Crippen molar-refractivity contribution in [1.29, 1.82) is 0 Å². The molecule has 2 rings (SSSR count). The van der Waals surface area contributed by atoms with Crippen LogP contribution >= 0.6 is 0 Å². The number of halogens is 3. The molecule has 0 aliphatic rings. The molecule has 7 heteroatoms. The third-order valence-corrected chi connectivity index (χ3v) is 4.44. The van der Waals surface area contributed by atoms with Crippen LogP contribution in [-0.4, -0.2) is 23.9 Å². The van der Waals surface area contributed by atoms with Crippen LogP contribution in [0.4, 0.5) is 13.2 Å². The van der Waals surface area contributed by atoms with Gasteiger partial charge in [-0.25, -0.2) is 0 Å². The van der Waals surface area contributed by atoms with E-state index in [1.807, 2.05) is 13.8 Å². The number of nitrogens with one attached hydrogen (secondary N) is 2. The monoisotopic (exact) mass is 392 g/mol. The lowest BCUT2D eigenvalue weighted by molar-refractivity contribution is -0.137. The van der Waals surface area contributed by atoms with E-state index in [1.54, 1.807) is 31.2 Å². The molecule has 0 radical (unpaired) electrons. The first-order chi connectivity index (χ1) is 13.1. The van der Waals surface area contributed by atoms with Crippen LogP contribution in [0.2, 0.25) is 0 Å². The van der Waals surface area contributed by atoms with Crippen molar-refractivity contribution in [3.8, 4) is 11.1 Å². The van der Waals surface area contributed by atoms with Crippen LogP contribution in [0.5, 0.6) is 0 Å². The molecule has 0 heterocycles. The standard InChI is InChI=1S/C21H23F3N2O2/c1-4-13(2)25-19(27)14(3)26-20(28)18-8-6-5-7-17(18)15-9-11-16(12-10-15)21(22,23)24/h5-14H,4H2,1-3H3,(H,25,27)(H,26,28). The van der Waals surface area contributed by atoms with Gasteiger partial charge >= 0.3 is 6.18 Å². The van der Waals surface area contributed by atoms with Gasteiger partial charge in [-0.3, -0.25) is 9.59 Å². The van der Waals surface area contributed by atoms with Crippen LogP contribution in [0.15, 0.2) is 48.5 Å². The summed E-state index contributed by atoms with van der Waals surface area (Å²) in [6, 6.07) is 10.4. The highest BCUT2D eigenvalue weighted by atomic mass is 19.4. The molecule has 2 aromatic carbocycles. The van der Waals surface area contributed by atoms with Gasteiger partial charge in [-0.1, -0.05) is 37.3 Å². The van der Waals surface area contributed by atoms with Crippen LogP contribution in [0.3, 0.4) is 0 Å². The Morgan fingerprint density at radius 2 is 1.57 bits per heavy atom. The zero-order valence-electron chi connectivity index (χ0n) is 15.9. The van der Waals surface area contributed by atoms with Crippen molar-refractivity contribution in [3.05, 3.63) is 59.7 Å². The minimum Gasteiger partial charge on any atom is -0.352 e. The molecule has 0 saturated heterocycles. The lowest BCUT2D eigenvalue weighted by atomic mass is 9.98. The molecule has 4 nitrogen and oxygen atoms in total. The summed E-state index contributed by atoms with van der Waals surface area (Å²) < 4.78 is 38.3. The van der Waals surface area contributed by atoms with Crippen LogP contribution in [0.25, 0.3) is 11.1 Å². The molecule has 150 valence electrons. The highest BCUT2D eigenvalue weighted by Crippen LogP contribution is 2.31. The molecule has 0 spiro atoms. The Kier molecular flexibility index (Phi) is 6.83. The van der Waals surface area contributed by atoms with Crippen molar-refractivity contribution >= 4 is 11.8 Å². The molecule has 28 heavy (non-hydrogen) atoms. The summed E-state index contributed by atoms with van der Waals surface area (Å²) in [6.45, 7) is 5.39. The van der Waals surface area contributed by atoms with Gasteiger partial charge in [-0.2, -0.15) is 13.2 Å². The fourth-order valence-corrected chi connectivity index (χ4v) is 2.58. The highest BCUT2D eigenvalue weighted by Gasteiger charge is 2.30. The van der Waals surface area contributed by atoms with Gasteiger partial charge in [0.1, 0.15) is 6.04 Å². The van der Waals surface area contributed by atoms with E-state index in [1.165, 1.54) is 12.1 Å². The molecule has 0 aliphatic carbocycles. The number of hydrogen-bond acceptors (Lipinski definition) is 2. The Morgan fingerprint density at radius 3 is 2.14 bits per heavy atom. The van der Waals surface area contributed by atoms with Gasteiger partial charge in [0.15, 0.2) is 0 Å². The van der Waals surface area contributed by atoms with E-state index in [2.05, 4.69) is 10.6 Å². The van der Waals surface area contributed by atoms with Crippen molar-refractivity contribution < 1.29 is 22.8 Å². The Bertz CT molecular complexity index is 832. The Labute approximate surface area is 162 Å². The quantitative estimate of drug-likeness (QED) is 0.765. The normalized spacial score (nSPS) is 13.5. The van der Waals surface area contributed by atoms with Gasteiger partial charge in [0.2, 0.25) is 5.91 Å². The highest BCUT2D eigenvalue weighted by molar-refractivity contribution is 6.02. The van der Waals surface area contributed by atoms with E-state index < -0.39 is 23.7 Å². The lowest BCUT2D eigenvalue weighted by Gasteiger charge is -2.18. The first kappa shape index (κ1) is 21.5. The number of carbonyl (C=O) groups excluding carboxylic acids is 2. The van der Waals surface area contributed by atoms with Crippen molar-refractivity contribution in [3.63, 3.8) is 0 Å². The third-order valence-electron chi connectivity index (χ3n) is 4.44. The van der Waals surface area contributed by atoms with Crippen molar-refractivity contribution in [2.75, 3.05) is 0 Å². The Morgan fingerprint density at radius 1 is 0.964 bits per heavy atom. The minimum atomic E-state index is -4.42. The van der Waals surface area contributed by atoms with Gasteiger partial charge in [-0.05, 0) is 49.6 Å². The van der Waals surface area contributed by atoms with Gasteiger partial charge in [0.25, 0.3) is 5.91 Å². The molecule has 0 fully saturated rings. The van der Waals surface area contributed by atoms with Crippen LogP contribution in [0, 0.1) is 0 Å². The van der Waals surface area contributed by atoms with Crippen LogP contribution < -0.4 is 10.6 Å². The SMILES string of the molecule is CCC(C)NC(=O)C(C)NC(=O)c1ccccc1-c1ccc(C(F)(F)F)cc1. The van der Waals surface area contributed by atoms with E-state index in [4.69, 9.17) is 0 Å². The molecule has 0 bridgehead atoms. The lowest BCUT2D eigenvalue weighted by Crippen LogP contribution is -2.47. The van der Waals surface area contributed by atoms with Crippen molar-refractivity contribution in [2.45, 2.75) is 45.5 Å². The van der Waals surface area contributed by atoms with Gasteiger partial charge in [-0.15, -0.1) is 0 Å². The van der Waals surface area contributed by atoms with Crippen LogP contribution in [0.1, 0.15) is 43.1 Å². The molecule has 0 aromatic heterocycles. The summed E-state index contributed by atoms with van der Waals surface area (Å²) in [4.78, 5) is 24.8. The molecule has 0 saturated carbocycles. The average molecular weight is 392 g/mol. The number of hydrogen-bond donors (Lipinski definition) is 2. The number of benzene rings is 2. The predicted molar refractivity (Wildman–Crippen MR) is 102 cm³/mol. The maximum atomic E-state index is 12.8. The van der Waals surface area contributed by atoms with Crippen LogP contribution in [-0.2, 0) is 11.0 Å². The minimum absolute atomic E-state index is 0.00807. The number of amides is 2. The van der Waals surface area contributed by atoms with E-state index in [-0.39, 0.29) is 17.5 Å². The topological polar surface area (TPSA) is 58.2 Å². The summed E-state index contributed by atoms with van der Waals surface area (Å²) in [6.07, 6.45) is -3.66. The van der Waals surface area contributed by atoms with E-state index >= 15 is 0 Å². The molecule has 2 unspecified atom stereocenters. The smallest absolute Gasteiger partial charge is 0.352 e. The van der Waals surface area contributed by atoms with Gasteiger partial charge in [0.05, 0.1) is 5.56 Å². The second kappa shape index (κ2) is 8.91. The fraction of sp³-hybridized carbons (Fsp3) is 0.333. The van der Waals surface area contributed by atoms with E-state index in [9.17, 15) is 22.8 Å². The van der Waals surface area contributed by atoms with E-state index in [0.717, 1.165) is 18.6 Å². The van der Waals surface area contributed by atoms with Crippen molar-refractivity contribution in [2.24, 2.45) is 0 Å². The molecular weight excluding hydrogens is 369 g/mol. The maximum Gasteiger partial charge on any atom is 0.416 e. The second-order valence-corrected chi connectivity index (χ2v) is 6.63. The summed E-state index contributed by atoms with van der Waals surface area (Å²) in [5.74, 6) is -0.767. The molecular formula is C21H23F3N2O2.